The van der Waals surface area contributed by atoms with E-state index >= 15 is 0 Å². The molecule has 1 N–H and O–H groups in total. The van der Waals surface area contributed by atoms with Crippen molar-refractivity contribution in [1.29, 1.82) is 0 Å². The van der Waals surface area contributed by atoms with Crippen molar-refractivity contribution in [2.75, 3.05) is 17.1 Å². The Bertz CT molecular complexity index is 1270. The topological polar surface area (TPSA) is 86.8 Å². The van der Waals surface area contributed by atoms with Gasteiger partial charge in [0.05, 0.1) is 22.5 Å². The zero-order valence-corrected chi connectivity index (χ0v) is 23.1. The molecule has 0 saturated heterocycles. The second-order valence-corrected chi connectivity index (χ2v) is 12.0. The van der Waals surface area contributed by atoms with Crippen LogP contribution in [0, 0.1) is 0 Å². The Morgan fingerprint density at radius 1 is 1.08 bits per heavy atom. The van der Waals surface area contributed by atoms with Crippen molar-refractivity contribution in [1.82, 2.24) is 10.2 Å². The lowest BCUT2D eigenvalue weighted by Gasteiger charge is -2.32. The zero-order chi connectivity index (χ0) is 28.3. The van der Waals surface area contributed by atoms with Crippen LogP contribution in [0.1, 0.15) is 43.7 Å². The summed E-state index contributed by atoms with van der Waals surface area (Å²) in [5.74, 6) is -1.21. The molecule has 0 radical (unpaired) electrons. The molecule has 208 valence electrons. The first-order valence-corrected chi connectivity index (χ1v) is 14.5. The van der Waals surface area contributed by atoms with Crippen LogP contribution < -0.4 is 9.62 Å². The van der Waals surface area contributed by atoms with E-state index in [9.17, 15) is 31.2 Å². The largest absolute Gasteiger partial charge is 0.416 e. The molecule has 1 aliphatic rings. The molecule has 0 heterocycles. The highest BCUT2D eigenvalue weighted by atomic mass is 35.5. The van der Waals surface area contributed by atoms with Gasteiger partial charge in [0.25, 0.3) is 0 Å². The molecule has 0 aliphatic heterocycles. The van der Waals surface area contributed by atoms with Crippen LogP contribution in [0.25, 0.3) is 0 Å². The van der Waals surface area contributed by atoms with Gasteiger partial charge in [-0.25, -0.2) is 8.42 Å². The number of sulfonamides is 1. The van der Waals surface area contributed by atoms with E-state index in [-0.39, 0.29) is 17.6 Å². The van der Waals surface area contributed by atoms with Crippen LogP contribution in [0.15, 0.2) is 42.5 Å². The summed E-state index contributed by atoms with van der Waals surface area (Å²) in [6.07, 6.45) is -0.406. The Morgan fingerprint density at radius 3 is 2.24 bits per heavy atom. The fourth-order valence-electron chi connectivity index (χ4n) is 4.24. The van der Waals surface area contributed by atoms with Crippen molar-refractivity contribution in [2.24, 2.45) is 0 Å². The summed E-state index contributed by atoms with van der Waals surface area (Å²) in [5.41, 5.74) is -1.00. The number of carbonyl (C=O) groups excluding carboxylic acids is 2. The second kappa shape index (κ2) is 12.1. The molecular formula is C25H28Cl2F3N3O4S. The average molecular weight is 594 g/mol. The summed E-state index contributed by atoms with van der Waals surface area (Å²) in [4.78, 5) is 27.8. The van der Waals surface area contributed by atoms with E-state index < -0.39 is 51.9 Å². The molecule has 1 saturated carbocycles. The summed E-state index contributed by atoms with van der Waals surface area (Å²) in [5, 5.41) is 3.10. The summed E-state index contributed by atoms with van der Waals surface area (Å²) in [6, 6.07) is 7.72. The highest BCUT2D eigenvalue weighted by molar-refractivity contribution is 7.92. The van der Waals surface area contributed by atoms with E-state index in [4.69, 9.17) is 23.2 Å². The number of hydrogen-bond acceptors (Lipinski definition) is 4. The Hall–Kier alpha value is -2.50. The number of benzene rings is 2. The van der Waals surface area contributed by atoms with Crippen LogP contribution in [0.2, 0.25) is 10.0 Å². The van der Waals surface area contributed by atoms with Crippen molar-refractivity contribution in [3.63, 3.8) is 0 Å². The van der Waals surface area contributed by atoms with Gasteiger partial charge in [0.1, 0.15) is 12.6 Å². The van der Waals surface area contributed by atoms with Gasteiger partial charge in [0.2, 0.25) is 21.8 Å². The van der Waals surface area contributed by atoms with Gasteiger partial charge in [-0.05, 0) is 55.7 Å². The standard InChI is InChI=1S/C25H28Cl2F3N3O4S/c1-16(24(35)31-20-5-3-4-6-20)32(14-17-7-10-19(26)11-8-17)23(34)15-33(38(2,36)37)22-13-18(25(28,29)30)9-12-21(22)27/h7-13,16,20H,3-6,14-15H2,1-2H3,(H,31,35). The molecule has 2 aromatic carbocycles. The van der Waals surface area contributed by atoms with Gasteiger partial charge in [-0.15, -0.1) is 0 Å². The van der Waals surface area contributed by atoms with Crippen molar-refractivity contribution in [3.8, 4) is 0 Å². The minimum atomic E-state index is -4.76. The third-order valence-electron chi connectivity index (χ3n) is 6.36. The first kappa shape index (κ1) is 30.0. The molecule has 7 nitrogen and oxygen atoms in total. The van der Waals surface area contributed by atoms with Gasteiger partial charge in [0.15, 0.2) is 0 Å². The molecule has 1 atom stereocenters. The first-order valence-electron chi connectivity index (χ1n) is 11.9. The molecule has 0 spiro atoms. The number of anilines is 1. The number of amides is 2. The van der Waals surface area contributed by atoms with E-state index in [0.29, 0.717) is 21.0 Å². The molecule has 3 rings (SSSR count). The van der Waals surface area contributed by atoms with Crippen LogP contribution in [0.5, 0.6) is 0 Å². The molecule has 13 heteroatoms. The third-order valence-corrected chi connectivity index (χ3v) is 8.05. The highest BCUT2D eigenvalue weighted by Gasteiger charge is 2.35. The number of hydrogen-bond donors (Lipinski definition) is 1. The fourth-order valence-corrected chi connectivity index (χ4v) is 5.48. The number of nitrogens with one attached hydrogen (secondary N) is 1. The summed E-state index contributed by atoms with van der Waals surface area (Å²) in [6.45, 7) is 0.581. The molecule has 1 aliphatic carbocycles. The Labute approximate surface area is 229 Å². The van der Waals surface area contributed by atoms with Crippen LogP contribution in [-0.2, 0) is 32.3 Å². The van der Waals surface area contributed by atoms with E-state index in [0.717, 1.165) is 44.1 Å². The Morgan fingerprint density at radius 2 is 1.68 bits per heavy atom. The molecular weight excluding hydrogens is 566 g/mol. The van der Waals surface area contributed by atoms with Crippen molar-refractivity contribution in [3.05, 3.63) is 63.6 Å². The molecule has 1 unspecified atom stereocenters. The molecule has 0 bridgehead atoms. The normalized spacial score (nSPS) is 15.2. The average Bonchev–Trinajstić information content (AvgIpc) is 3.33. The van der Waals surface area contributed by atoms with Gasteiger partial charge >= 0.3 is 6.18 Å². The number of nitrogens with zero attached hydrogens (tertiary/aromatic N) is 2. The summed E-state index contributed by atoms with van der Waals surface area (Å²) in [7, 11) is -4.26. The zero-order valence-electron chi connectivity index (χ0n) is 20.8. The van der Waals surface area contributed by atoms with Crippen LogP contribution in [0.4, 0.5) is 18.9 Å². The predicted molar refractivity (Wildman–Crippen MR) is 141 cm³/mol. The summed E-state index contributed by atoms with van der Waals surface area (Å²) < 4.78 is 65.9. The minimum Gasteiger partial charge on any atom is -0.352 e. The highest BCUT2D eigenvalue weighted by Crippen LogP contribution is 2.36. The van der Waals surface area contributed by atoms with Crippen molar-refractivity contribution < 1.29 is 31.2 Å². The maximum absolute atomic E-state index is 13.6. The second-order valence-electron chi connectivity index (χ2n) is 9.25. The van der Waals surface area contributed by atoms with Crippen LogP contribution >= 0.6 is 23.2 Å². The van der Waals surface area contributed by atoms with Crippen molar-refractivity contribution >= 4 is 50.7 Å². The summed E-state index contributed by atoms with van der Waals surface area (Å²) >= 11 is 12.0. The number of alkyl halides is 3. The lowest BCUT2D eigenvalue weighted by Crippen LogP contribution is -2.52. The SMILES string of the molecule is CC(C(=O)NC1CCCC1)N(Cc1ccc(Cl)cc1)C(=O)CN(c1cc(C(F)(F)F)ccc1Cl)S(C)(=O)=O. The van der Waals surface area contributed by atoms with Gasteiger partial charge in [-0.2, -0.15) is 13.2 Å². The monoisotopic (exact) mass is 593 g/mol. The van der Waals surface area contributed by atoms with Gasteiger partial charge in [0, 0.05) is 17.6 Å². The first-order chi connectivity index (χ1) is 17.7. The van der Waals surface area contributed by atoms with Crippen LogP contribution in [0.3, 0.4) is 0 Å². The van der Waals surface area contributed by atoms with Gasteiger partial charge in [-0.1, -0.05) is 48.2 Å². The van der Waals surface area contributed by atoms with E-state index in [1.165, 1.54) is 11.8 Å². The lowest BCUT2D eigenvalue weighted by atomic mass is 10.1. The van der Waals surface area contributed by atoms with Crippen molar-refractivity contribution in [2.45, 2.75) is 57.4 Å². The predicted octanol–water partition coefficient (Wildman–Crippen LogP) is 5.25. The Balaban J connectivity index is 1.95. The minimum absolute atomic E-state index is 0.0196. The van der Waals surface area contributed by atoms with E-state index in [1.54, 1.807) is 24.3 Å². The lowest BCUT2D eigenvalue weighted by molar-refractivity contribution is -0.139. The van der Waals surface area contributed by atoms with E-state index in [1.807, 2.05) is 0 Å². The Kier molecular flexibility index (Phi) is 9.59. The molecule has 2 aromatic rings. The number of halogens is 5. The molecule has 2 amide bonds. The van der Waals surface area contributed by atoms with Gasteiger partial charge in [-0.3, -0.25) is 13.9 Å². The van der Waals surface area contributed by atoms with Gasteiger partial charge < -0.3 is 10.2 Å². The number of rotatable bonds is 9. The van der Waals surface area contributed by atoms with E-state index in [2.05, 4.69) is 5.32 Å². The smallest absolute Gasteiger partial charge is 0.352 e. The maximum Gasteiger partial charge on any atom is 0.416 e. The third kappa shape index (κ3) is 7.77. The molecule has 1 fully saturated rings. The molecule has 0 aromatic heterocycles. The maximum atomic E-state index is 13.6. The number of carbonyl (C=O) groups is 2. The molecule has 38 heavy (non-hydrogen) atoms. The van der Waals surface area contributed by atoms with Crippen LogP contribution in [-0.4, -0.2) is 50.0 Å². The fraction of sp³-hybridized carbons (Fsp3) is 0.440. The quantitative estimate of drug-likeness (QED) is 0.430.